The van der Waals surface area contributed by atoms with Gasteiger partial charge in [-0.3, -0.25) is 0 Å². The normalized spacial score (nSPS) is 13.6. The molecule has 0 aromatic heterocycles. The van der Waals surface area contributed by atoms with Gasteiger partial charge in [0.05, 0.1) is 0 Å². The van der Waals surface area contributed by atoms with E-state index in [0.29, 0.717) is 11.8 Å². The molecule has 0 unspecified atom stereocenters. The minimum Gasteiger partial charge on any atom is -0.0649 e. The molecule has 0 bridgehead atoms. The van der Waals surface area contributed by atoms with Gasteiger partial charge in [-0.15, -0.1) is 0 Å². The zero-order valence-corrected chi connectivity index (χ0v) is 18.3. The average Bonchev–Trinajstić information content (AvgIpc) is 3.01. The Labute approximate surface area is 166 Å². The van der Waals surface area contributed by atoms with Crippen molar-refractivity contribution in [3.63, 3.8) is 0 Å². The van der Waals surface area contributed by atoms with E-state index in [0.717, 1.165) is 18.8 Å². The molecule has 0 saturated carbocycles. The number of allylic oxidation sites excluding steroid dienone is 1. The van der Waals surface area contributed by atoms with Crippen LogP contribution in [0.2, 0.25) is 0 Å². The summed E-state index contributed by atoms with van der Waals surface area (Å²) in [6.07, 6.45) is 5.92. The first kappa shape index (κ1) is 19.9. The van der Waals surface area contributed by atoms with Crippen molar-refractivity contribution in [2.24, 2.45) is 5.92 Å². The molecule has 2 aromatic rings. The van der Waals surface area contributed by atoms with Gasteiger partial charge in [0.2, 0.25) is 0 Å². The van der Waals surface area contributed by atoms with Crippen molar-refractivity contribution in [1.29, 1.82) is 0 Å². The van der Waals surface area contributed by atoms with Gasteiger partial charge in [-0.25, -0.2) is 0 Å². The molecule has 3 rings (SSSR count). The largest absolute Gasteiger partial charge is 0.0649 e. The van der Waals surface area contributed by atoms with Gasteiger partial charge in [-0.1, -0.05) is 90.4 Å². The number of rotatable bonds is 6. The maximum absolute atomic E-state index is 2.50. The predicted octanol–water partition coefficient (Wildman–Crippen LogP) is 8.15. The van der Waals surface area contributed by atoms with Gasteiger partial charge in [0, 0.05) is 0 Å². The quantitative estimate of drug-likeness (QED) is 0.487. The van der Waals surface area contributed by atoms with Gasteiger partial charge in [0.25, 0.3) is 0 Å². The van der Waals surface area contributed by atoms with E-state index in [4.69, 9.17) is 0 Å². The van der Waals surface area contributed by atoms with Crippen molar-refractivity contribution in [3.05, 3.63) is 63.7 Å². The predicted molar refractivity (Wildman–Crippen MR) is 121 cm³/mol. The number of hydrogen-bond acceptors (Lipinski definition) is 0. The molecule has 0 amide bonds. The highest BCUT2D eigenvalue weighted by molar-refractivity contribution is 5.83. The Balaban J connectivity index is 2.20. The van der Waals surface area contributed by atoms with Crippen LogP contribution in [0.4, 0.5) is 0 Å². The van der Waals surface area contributed by atoms with Crippen molar-refractivity contribution >= 4 is 6.08 Å². The summed E-state index contributed by atoms with van der Waals surface area (Å²) in [5.41, 5.74) is 11.9. The number of fused-ring (bicyclic) bond motifs is 1. The SMILES string of the molecule is CCc1ccc2c(c1-c1cc(C(C)C)cc(C(C)C)c1)C=C(CC(C)C)C2. The molecule has 0 nitrogen and oxygen atoms in total. The van der Waals surface area contributed by atoms with E-state index in [1.807, 2.05) is 0 Å². The van der Waals surface area contributed by atoms with Crippen LogP contribution in [0.15, 0.2) is 35.9 Å². The van der Waals surface area contributed by atoms with Crippen molar-refractivity contribution in [3.8, 4) is 11.1 Å². The Morgan fingerprint density at radius 3 is 2.00 bits per heavy atom. The van der Waals surface area contributed by atoms with Gasteiger partial charge < -0.3 is 0 Å². The lowest BCUT2D eigenvalue weighted by molar-refractivity contribution is 0.638. The third-order valence-electron chi connectivity index (χ3n) is 5.84. The molecule has 27 heavy (non-hydrogen) atoms. The fourth-order valence-corrected chi connectivity index (χ4v) is 4.31. The first-order valence-electron chi connectivity index (χ1n) is 10.8. The summed E-state index contributed by atoms with van der Waals surface area (Å²) in [7, 11) is 0. The maximum Gasteiger partial charge on any atom is -0.00575 e. The van der Waals surface area contributed by atoms with Crippen LogP contribution in [-0.4, -0.2) is 0 Å². The highest BCUT2D eigenvalue weighted by Gasteiger charge is 2.21. The van der Waals surface area contributed by atoms with Crippen LogP contribution in [0.3, 0.4) is 0 Å². The zero-order chi connectivity index (χ0) is 19.7. The minimum atomic E-state index is 0.552. The fraction of sp³-hybridized carbons (Fsp3) is 0.481. The molecule has 0 heteroatoms. The second kappa shape index (κ2) is 8.05. The molecule has 0 N–H and O–H groups in total. The van der Waals surface area contributed by atoms with Gasteiger partial charge >= 0.3 is 0 Å². The van der Waals surface area contributed by atoms with Crippen LogP contribution in [0.25, 0.3) is 17.2 Å². The first-order chi connectivity index (χ1) is 12.8. The van der Waals surface area contributed by atoms with E-state index in [1.54, 1.807) is 5.57 Å². The summed E-state index contributed by atoms with van der Waals surface area (Å²) in [5, 5.41) is 0. The number of benzene rings is 2. The molecule has 1 aliphatic rings. The van der Waals surface area contributed by atoms with E-state index in [9.17, 15) is 0 Å². The summed E-state index contributed by atoms with van der Waals surface area (Å²) < 4.78 is 0. The molecule has 0 fully saturated rings. The molecular weight excluding hydrogens is 324 g/mol. The highest BCUT2D eigenvalue weighted by atomic mass is 14.2. The third kappa shape index (κ3) is 4.21. The fourth-order valence-electron chi connectivity index (χ4n) is 4.31. The number of aryl methyl sites for hydroxylation is 1. The minimum absolute atomic E-state index is 0.552. The second-order valence-corrected chi connectivity index (χ2v) is 9.30. The van der Waals surface area contributed by atoms with Gasteiger partial charge in [-0.05, 0) is 76.0 Å². The Bertz CT molecular complexity index is 820. The molecule has 144 valence electrons. The van der Waals surface area contributed by atoms with E-state index in [-0.39, 0.29) is 0 Å². The zero-order valence-electron chi connectivity index (χ0n) is 18.3. The topological polar surface area (TPSA) is 0 Å². The first-order valence-corrected chi connectivity index (χ1v) is 10.8. The summed E-state index contributed by atoms with van der Waals surface area (Å²) >= 11 is 0. The van der Waals surface area contributed by atoms with E-state index >= 15 is 0 Å². The molecule has 0 spiro atoms. The summed E-state index contributed by atoms with van der Waals surface area (Å²) in [5.74, 6) is 1.82. The van der Waals surface area contributed by atoms with Crippen molar-refractivity contribution in [1.82, 2.24) is 0 Å². The average molecular weight is 361 g/mol. The van der Waals surface area contributed by atoms with Gasteiger partial charge in [-0.2, -0.15) is 0 Å². The van der Waals surface area contributed by atoms with Crippen LogP contribution in [0.1, 0.15) is 94.5 Å². The smallest absolute Gasteiger partial charge is 0.00575 e. The van der Waals surface area contributed by atoms with E-state index in [1.165, 1.54) is 45.4 Å². The van der Waals surface area contributed by atoms with Crippen LogP contribution >= 0.6 is 0 Å². The third-order valence-corrected chi connectivity index (χ3v) is 5.84. The Hall–Kier alpha value is -1.82. The van der Waals surface area contributed by atoms with E-state index in [2.05, 4.69) is 84.9 Å². The summed E-state index contributed by atoms with van der Waals surface area (Å²) in [6.45, 7) is 16.2. The molecule has 0 radical (unpaired) electrons. The summed E-state index contributed by atoms with van der Waals surface area (Å²) in [6, 6.07) is 12.0. The second-order valence-electron chi connectivity index (χ2n) is 9.30. The lowest BCUT2D eigenvalue weighted by Crippen LogP contribution is -1.99. The van der Waals surface area contributed by atoms with Crippen molar-refractivity contribution in [2.75, 3.05) is 0 Å². The van der Waals surface area contributed by atoms with Crippen LogP contribution < -0.4 is 0 Å². The van der Waals surface area contributed by atoms with Gasteiger partial charge in [0.15, 0.2) is 0 Å². The van der Waals surface area contributed by atoms with Crippen LogP contribution in [0, 0.1) is 5.92 Å². The Kier molecular flexibility index (Phi) is 5.94. The maximum atomic E-state index is 2.50. The van der Waals surface area contributed by atoms with Crippen LogP contribution in [-0.2, 0) is 12.8 Å². The van der Waals surface area contributed by atoms with E-state index < -0.39 is 0 Å². The Morgan fingerprint density at radius 1 is 0.852 bits per heavy atom. The standard InChI is InChI=1S/C27H36/c1-8-21-9-10-22-12-20(11-17(2)3)13-26(22)27(21)25-15-23(18(4)5)14-24(16-25)19(6)7/h9-10,13-19H,8,11-12H2,1-7H3. The highest BCUT2D eigenvalue weighted by Crippen LogP contribution is 2.40. The lowest BCUT2D eigenvalue weighted by Gasteiger charge is -2.18. The van der Waals surface area contributed by atoms with Crippen LogP contribution in [0.5, 0.6) is 0 Å². The Morgan fingerprint density at radius 2 is 1.48 bits per heavy atom. The molecule has 1 aliphatic carbocycles. The lowest BCUT2D eigenvalue weighted by atomic mass is 9.86. The molecule has 0 heterocycles. The summed E-state index contributed by atoms with van der Waals surface area (Å²) in [4.78, 5) is 0. The molecule has 2 aromatic carbocycles. The number of hydrogen-bond donors (Lipinski definition) is 0. The van der Waals surface area contributed by atoms with Crippen molar-refractivity contribution in [2.45, 2.75) is 79.6 Å². The molecule has 0 atom stereocenters. The van der Waals surface area contributed by atoms with Gasteiger partial charge in [0.1, 0.15) is 0 Å². The monoisotopic (exact) mass is 360 g/mol. The molecule has 0 saturated heterocycles. The molecular formula is C27H36. The van der Waals surface area contributed by atoms with Crippen molar-refractivity contribution < 1.29 is 0 Å². The molecule has 0 aliphatic heterocycles.